The summed E-state index contributed by atoms with van der Waals surface area (Å²) in [6.07, 6.45) is 1.16. The molecule has 2 N–H and O–H groups in total. The van der Waals surface area contributed by atoms with Gasteiger partial charge in [-0.05, 0) is 24.1 Å². The first-order valence-electron chi connectivity index (χ1n) is 5.62. The molecule has 0 aliphatic carbocycles. The van der Waals surface area contributed by atoms with Gasteiger partial charge in [-0.1, -0.05) is 20.8 Å². The van der Waals surface area contributed by atoms with E-state index in [1.807, 2.05) is 11.8 Å². The minimum absolute atomic E-state index is 0.301. The predicted molar refractivity (Wildman–Crippen MR) is 65.8 cm³/mol. The van der Waals surface area contributed by atoms with Crippen molar-refractivity contribution in [3.63, 3.8) is 0 Å². The number of thioether (sulfide) groups is 1. The van der Waals surface area contributed by atoms with Gasteiger partial charge in [0.1, 0.15) is 0 Å². The van der Waals surface area contributed by atoms with Gasteiger partial charge in [-0.2, -0.15) is 11.8 Å². The first kappa shape index (κ1) is 12.3. The van der Waals surface area contributed by atoms with Gasteiger partial charge in [-0.3, -0.25) is 0 Å². The summed E-state index contributed by atoms with van der Waals surface area (Å²) in [6, 6.07) is 0.387. The molecule has 1 aliphatic heterocycles. The van der Waals surface area contributed by atoms with E-state index in [9.17, 15) is 0 Å². The highest BCUT2D eigenvalue weighted by Gasteiger charge is 2.32. The van der Waals surface area contributed by atoms with Crippen molar-refractivity contribution in [1.29, 1.82) is 0 Å². The van der Waals surface area contributed by atoms with Crippen LogP contribution >= 0.6 is 11.8 Å². The summed E-state index contributed by atoms with van der Waals surface area (Å²) >= 11 is 2.03. The summed E-state index contributed by atoms with van der Waals surface area (Å²) in [6.45, 7) is 10.4. The summed E-state index contributed by atoms with van der Waals surface area (Å²) in [7, 11) is 0. The topological polar surface area (TPSA) is 29.3 Å². The van der Waals surface area contributed by atoms with E-state index in [2.05, 4.69) is 25.7 Å². The number of piperidine rings is 1. The van der Waals surface area contributed by atoms with Gasteiger partial charge in [0.2, 0.25) is 0 Å². The molecule has 0 bridgehead atoms. The minimum Gasteiger partial charge on any atom is -0.327 e. The van der Waals surface area contributed by atoms with E-state index in [-0.39, 0.29) is 0 Å². The zero-order valence-corrected chi connectivity index (χ0v) is 10.6. The monoisotopic (exact) mass is 216 g/mol. The van der Waals surface area contributed by atoms with Crippen LogP contribution in [-0.4, -0.2) is 42.1 Å². The van der Waals surface area contributed by atoms with E-state index in [1.165, 1.54) is 31.1 Å². The van der Waals surface area contributed by atoms with Crippen molar-refractivity contribution in [3.05, 3.63) is 0 Å². The van der Waals surface area contributed by atoms with Crippen LogP contribution in [0.25, 0.3) is 0 Å². The van der Waals surface area contributed by atoms with Gasteiger partial charge >= 0.3 is 0 Å². The second-order valence-electron chi connectivity index (χ2n) is 4.86. The van der Waals surface area contributed by atoms with E-state index in [1.54, 1.807) is 0 Å². The zero-order chi connectivity index (χ0) is 10.6. The summed E-state index contributed by atoms with van der Waals surface area (Å²) < 4.78 is 0. The quantitative estimate of drug-likeness (QED) is 0.727. The Morgan fingerprint density at radius 3 is 2.79 bits per heavy atom. The second-order valence-corrected chi connectivity index (χ2v) is 6.25. The van der Waals surface area contributed by atoms with E-state index >= 15 is 0 Å². The van der Waals surface area contributed by atoms with Gasteiger partial charge in [0, 0.05) is 24.9 Å². The van der Waals surface area contributed by atoms with Crippen molar-refractivity contribution in [2.45, 2.75) is 33.2 Å². The molecule has 0 saturated carbocycles. The molecule has 3 heteroatoms. The molecule has 0 spiro atoms. The summed E-state index contributed by atoms with van der Waals surface area (Å²) in [5.41, 5.74) is 6.40. The lowest BCUT2D eigenvalue weighted by Crippen LogP contribution is -2.52. The third-order valence-electron chi connectivity index (χ3n) is 3.15. The summed E-state index contributed by atoms with van der Waals surface area (Å²) in [5, 5.41) is 0. The number of hydrogen-bond acceptors (Lipinski definition) is 3. The lowest BCUT2D eigenvalue weighted by atomic mass is 9.80. The van der Waals surface area contributed by atoms with Crippen molar-refractivity contribution >= 4 is 11.8 Å². The SMILES string of the molecule is CCSCCN1CCC(N)C(C)(C)C1. The Balaban J connectivity index is 2.29. The Kier molecular flexibility index (Phi) is 4.74. The maximum absolute atomic E-state index is 6.10. The van der Waals surface area contributed by atoms with Crippen LogP contribution in [0.15, 0.2) is 0 Å². The molecule has 0 aromatic heterocycles. The fourth-order valence-electron chi connectivity index (χ4n) is 2.01. The van der Waals surface area contributed by atoms with Crippen LogP contribution in [0.1, 0.15) is 27.2 Å². The van der Waals surface area contributed by atoms with Crippen LogP contribution in [-0.2, 0) is 0 Å². The largest absolute Gasteiger partial charge is 0.327 e. The van der Waals surface area contributed by atoms with E-state index in [0.29, 0.717) is 11.5 Å². The van der Waals surface area contributed by atoms with Crippen LogP contribution in [0, 0.1) is 5.41 Å². The summed E-state index contributed by atoms with van der Waals surface area (Å²) in [5.74, 6) is 2.50. The number of likely N-dealkylation sites (tertiary alicyclic amines) is 1. The number of nitrogens with zero attached hydrogens (tertiary/aromatic N) is 1. The molecule has 1 heterocycles. The van der Waals surface area contributed by atoms with Crippen LogP contribution in [0.2, 0.25) is 0 Å². The number of hydrogen-bond donors (Lipinski definition) is 1. The Morgan fingerprint density at radius 1 is 1.50 bits per heavy atom. The van der Waals surface area contributed by atoms with E-state index in [4.69, 9.17) is 5.73 Å². The molecule has 1 rings (SSSR count). The van der Waals surface area contributed by atoms with Gasteiger partial charge in [-0.25, -0.2) is 0 Å². The highest BCUT2D eigenvalue weighted by Crippen LogP contribution is 2.27. The van der Waals surface area contributed by atoms with Crippen LogP contribution < -0.4 is 5.73 Å². The van der Waals surface area contributed by atoms with Crippen molar-refractivity contribution in [2.24, 2.45) is 11.1 Å². The molecule has 14 heavy (non-hydrogen) atoms. The number of rotatable bonds is 4. The highest BCUT2D eigenvalue weighted by molar-refractivity contribution is 7.99. The standard InChI is InChI=1S/C11H24N2S/c1-4-14-8-7-13-6-5-10(12)11(2,3)9-13/h10H,4-9,12H2,1-3H3. The molecule has 84 valence electrons. The average molecular weight is 216 g/mol. The van der Waals surface area contributed by atoms with Gasteiger partial charge < -0.3 is 10.6 Å². The van der Waals surface area contributed by atoms with Crippen molar-refractivity contribution in [2.75, 3.05) is 31.1 Å². The minimum atomic E-state index is 0.301. The molecule has 0 amide bonds. The van der Waals surface area contributed by atoms with E-state index < -0.39 is 0 Å². The third-order valence-corrected chi connectivity index (χ3v) is 4.03. The Morgan fingerprint density at radius 2 is 2.21 bits per heavy atom. The van der Waals surface area contributed by atoms with Gasteiger partial charge in [0.25, 0.3) is 0 Å². The lowest BCUT2D eigenvalue weighted by molar-refractivity contribution is 0.101. The van der Waals surface area contributed by atoms with Crippen LogP contribution in [0.5, 0.6) is 0 Å². The molecule has 2 nitrogen and oxygen atoms in total. The Hall–Kier alpha value is 0.270. The highest BCUT2D eigenvalue weighted by atomic mass is 32.2. The second kappa shape index (κ2) is 5.38. The van der Waals surface area contributed by atoms with Crippen LogP contribution in [0.3, 0.4) is 0 Å². The molecule has 0 aromatic rings. The van der Waals surface area contributed by atoms with Crippen molar-refractivity contribution in [3.8, 4) is 0 Å². The van der Waals surface area contributed by atoms with Crippen LogP contribution in [0.4, 0.5) is 0 Å². The van der Waals surface area contributed by atoms with Gasteiger partial charge in [-0.15, -0.1) is 0 Å². The lowest BCUT2D eigenvalue weighted by Gasteiger charge is -2.42. The smallest absolute Gasteiger partial charge is 0.0115 e. The molecular weight excluding hydrogens is 192 g/mol. The maximum atomic E-state index is 6.10. The van der Waals surface area contributed by atoms with Gasteiger partial charge in [0.15, 0.2) is 0 Å². The van der Waals surface area contributed by atoms with Crippen molar-refractivity contribution in [1.82, 2.24) is 4.90 Å². The molecule has 1 atom stereocenters. The Labute approximate surface area is 92.6 Å². The molecule has 1 fully saturated rings. The number of nitrogens with two attached hydrogens (primary N) is 1. The predicted octanol–water partition coefficient (Wildman–Crippen LogP) is 1.80. The summed E-state index contributed by atoms with van der Waals surface area (Å²) in [4.78, 5) is 2.56. The average Bonchev–Trinajstić information content (AvgIpc) is 2.11. The molecule has 0 aromatic carbocycles. The van der Waals surface area contributed by atoms with Gasteiger partial charge in [0.05, 0.1) is 0 Å². The maximum Gasteiger partial charge on any atom is 0.0115 e. The molecule has 1 aliphatic rings. The molecule has 1 saturated heterocycles. The Bertz CT molecular complexity index is 171. The molecule has 1 unspecified atom stereocenters. The first-order valence-corrected chi connectivity index (χ1v) is 6.77. The van der Waals surface area contributed by atoms with Crippen molar-refractivity contribution < 1.29 is 0 Å². The normalized spacial score (nSPS) is 27.9. The molecule has 0 radical (unpaired) electrons. The fraction of sp³-hybridized carbons (Fsp3) is 1.00. The first-order chi connectivity index (χ1) is 6.56. The fourth-order valence-corrected chi connectivity index (χ4v) is 2.69. The van der Waals surface area contributed by atoms with E-state index in [0.717, 1.165) is 6.42 Å². The zero-order valence-electron chi connectivity index (χ0n) is 9.75. The molecular formula is C11H24N2S. The third kappa shape index (κ3) is 3.44.